The van der Waals surface area contributed by atoms with E-state index in [1.165, 1.54) is 12.2 Å². The Hall–Kier alpha value is -1.05. The Morgan fingerprint density at radius 1 is 1.42 bits per heavy atom. The van der Waals surface area contributed by atoms with E-state index in [0.717, 1.165) is 5.76 Å². The van der Waals surface area contributed by atoms with E-state index >= 15 is 0 Å². The lowest BCUT2D eigenvalue weighted by atomic mass is 10.3. The van der Waals surface area contributed by atoms with Crippen molar-refractivity contribution >= 4 is 0 Å². The van der Waals surface area contributed by atoms with Crippen LogP contribution in [0.5, 0.6) is 0 Å². The summed E-state index contributed by atoms with van der Waals surface area (Å²) in [5, 5.41) is 0. The normalized spacial score (nSPS) is 17.0. The van der Waals surface area contributed by atoms with Gasteiger partial charge in [-0.15, -0.1) is 0 Å². The van der Waals surface area contributed by atoms with E-state index in [1.54, 1.807) is 12.2 Å². The fraction of sp³-hybridized carbons (Fsp3) is 0.400. The van der Waals surface area contributed by atoms with Crippen molar-refractivity contribution in [2.75, 3.05) is 0 Å². The lowest BCUT2D eigenvalue weighted by Crippen LogP contribution is -2.01. The van der Waals surface area contributed by atoms with Gasteiger partial charge in [0.2, 0.25) is 0 Å². The van der Waals surface area contributed by atoms with Gasteiger partial charge in [0.05, 0.1) is 6.10 Å². The molecule has 1 aliphatic carbocycles. The van der Waals surface area contributed by atoms with Gasteiger partial charge in [0.25, 0.3) is 0 Å². The Bertz CT molecular complexity index is 236. The lowest BCUT2D eigenvalue weighted by molar-refractivity contribution is 0.144. The van der Waals surface area contributed by atoms with Crippen LogP contribution in [0.25, 0.3) is 0 Å². The first kappa shape index (κ1) is 9.04. The maximum Gasteiger partial charge on any atom is 0.123 e. The molecule has 0 bridgehead atoms. The monoisotopic (exact) mass is 168 g/mol. The summed E-state index contributed by atoms with van der Waals surface area (Å²) in [6.07, 6.45) is 7.12. The van der Waals surface area contributed by atoms with Crippen LogP contribution in [0.3, 0.4) is 0 Å². The highest BCUT2D eigenvalue weighted by Gasteiger charge is 2.01. The van der Waals surface area contributed by atoms with Crippen LogP contribution in [0, 0.1) is 0 Å². The SMILES string of the molecule is CC(C)OC1=CC=C(F)C=CC1. The quantitative estimate of drug-likeness (QED) is 0.615. The van der Waals surface area contributed by atoms with Gasteiger partial charge in [-0.25, -0.2) is 4.39 Å². The summed E-state index contributed by atoms with van der Waals surface area (Å²) in [6.45, 7) is 3.91. The molecule has 0 atom stereocenters. The summed E-state index contributed by atoms with van der Waals surface area (Å²) in [6, 6.07) is 0. The Morgan fingerprint density at radius 3 is 2.83 bits per heavy atom. The van der Waals surface area contributed by atoms with Crippen molar-refractivity contribution in [1.82, 2.24) is 0 Å². The third-order valence-electron chi connectivity index (χ3n) is 1.41. The number of allylic oxidation sites excluding steroid dienone is 5. The molecule has 0 saturated heterocycles. The molecule has 0 unspecified atom stereocenters. The molecule has 0 N–H and O–H groups in total. The molecule has 0 radical (unpaired) electrons. The maximum absolute atomic E-state index is 12.6. The molecule has 0 spiro atoms. The number of hydrogen-bond acceptors (Lipinski definition) is 1. The molecule has 2 heteroatoms. The summed E-state index contributed by atoms with van der Waals surface area (Å²) in [5.41, 5.74) is 0. The second-order valence-corrected chi connectivity index (χ2v) is 2.96. The number of ether oxygens (including phenoxy) is 1. The molecular weight excluding hydrogens is 155 g/mol. The first-order valence-corrected chi connectivity index (χ1v) is 4.08. The second-order valence-electron chi connectivity index (χ2n) is 2.96. The molecule has 0 aliphatic heterocycles. The zero-order valence-corrected chi connectivity index (χ0v) is 7.38. The van der Waals surface area contributed by atoms with E-state index < -0.39 is 0 Å². The van der Waals surface area contributed by atoms with E-state index in [0.29, 0.717) is 6.42 Å². The highest BCUT2D eigenvalue weighted by Crippen LogP contribution is 2.14. The average molecular weight is 168 g/mol. The number of halogens is 1. The van der Waals surface area contributed by atoms with Crippen molar-refractivity contribution in [3.8, 4) is 0 Å². The third-order valence-corrected chi connectivity index (χ3v) is 1.41. The predicted octanol–water partition coefficient (Wildman–Crippen LogP) is 3.11. The summed E-state index contributed by atoms with van der Waals surface area (Å²) in [7, 11) is 0. The van der Waals surface area contributed by atoms with Crippen LogP contribution in [0.2, 0.25) is 0 Å². The van der Waals surface area contributed by atoms with Crippen molar-refractivity contribution in [1.29, 1.82) is 0 Å². The van der Waals surface area contributed by atoms with E-state index in [2.05, 4.69) is 0 Å². The van der Waals surface area contributed by atoms with Gasteiger partial charge in [0, 0.05) is 6.42 Å². The minimum Gasteiger partial charge on any atom is -0.495 e. The summed E-state index contributed by atoms with van der Waals surface area (Å²) in [4.78, 5) is 0. The highest BCUT2D eigenvalue weighted by molar-refractivity contribution is 5.24. The van der Waals surface area contributed by atoms with Crippen molar-refractivity contribution in [2.45, 2.75) is 26.4 Å². The molecule has 0 heterocycles. The molecule has 12 heavy (non-hydrogen) atoms. The van der Waals surface area contributed by atoms with Gasteiger partial charge in [0.1, 0.15) is 11.6 Å². The lowest BCUT2D eigenvalue weighted by Gasteiger charge is -2.10. The zero-order valence-electron chi connectivity index (χ0n) is 7.38. The standard InChI is InChI=1S/C10H13FO/c1-8(2)12-10-5-3-4-9(11)6-7-10/h3-4,6-8H,5H2,1-2H3. The Balaban J connectivity index is 2.61. The smallest absolute Gasteiger partial charge is 0.123 e. The molecule has 1 rings (SSSR count). The van der Waals surface area contributed by atoms with Gasteiger partial charge < -0.3 is 4.74 Å². The summed E-state index contributed by atoms with van der Waals surface area (Å²) in [5.74, 6) is 0.589. The average Bonchev–Trinajstić information content (AvgIpc) is 2.15. The molecule has 1 aliphatic rings. The van der Waals surface area contributed by atoms with E-state index in [-0.39, 0.29) is 11.9 Å². The molecule has 0 aromatic rings. The van der Waals surface area contributed by atoms with E-state index in [4.69, 9.17) is 4.74 Å². The van der Waals surface area contributed by atoms with Crippen LogP contribution in [0.4, 0.5) is 4.39 Å². The Morgan fingerprint density at radius 2 is 2.17 bits per heavy atom. The fourth-order valence-electron chi connectivity index (χ4n) is 0.974. The van der Waals surface area contributed by atoms with Crippen LogP contribution in [-0.4, -0.2) is 6.10 Å². The molecule has 0 saturated carbocycles. The largest absolute Gasteiger partial charge is 0.495 e. The molecule has 1 nitrogen and oxygen atoms in total. The first-order chi connectivity index (χ1) is 5.68. The maximum atomic E-state index is 12.6. The molecule has 0 amide bonds. The molecule has 0 fully saturated rings. The van der Waals surface area contributed by atoms with Crippen molar-refractivity contribution in [3.05, 3.63) is 35.9 Å². The molecule has 0 aromatic carbocycles. The van der Waals surface area contributed by atoms with Crippen LogP contribution < -0.4 is 0 Å². The van der Waals surface area contributed by atoms with Crippen molar-refractivity contribution in [2.24, 2.45) is 0 Å². The van der Waals surface area contributed by atoms with Gasteiger partial charge in [-0.2, -0.15) is 0 Å². The van der Waals surface area contributed by atoms with Gasteiger partial charge in [-0.05, 0) is 32.1 Å². The van der Waals surface area contributed by atoms with Gasteiger partial charge >= 0.3 is 0 Å². The van der Waals surface area contributed by atoms with Crippen LogP contribution >= 0.6 is 0 Å². The predicted molar refractivity (Wildman–Crippen MR) is 47.3 cm³/mol. The van der Waals surface area contributed by atoms with E-state index in [9.17, 15) is 4.39 Å². The Kier molecular flexibility index (Phi) is 3.09. The minimum atomic E-state index is -0.225. The Labute approximate surface area is 72.2 Å². The van der Waals surface area contributed by atoms with Gasteiger partial charge in [0.15, 0.2) is 0 Å². The summed E-state index contributed by atoms with van der Waals surface area (Å²) >= 11 is 0. The van der Waals surface area contributed by atoms with E-state index in [1.807, 2.05) is 13.8 Å². The zero-order chi connectivity index (χ0) is 8.97. The van der Waals surface area contributed by atoms with Crippen molar-refractivity contribution < 1.29 is 9.13 Å². The van der Waals surface area contributed by atoms with Crippen LogP contribution in [-0.2, 0) is 4.74 Å². The number of rotatable bonds is 2. The molecule has 66 valence electrons. The third kappa shape index (κ3) is 2.91. The number of hydrogen-bond donors (Lipinski definition) is 0. The topological polar surface area (TPSA) is 9.23 Å². The van der Waals surface area contributed by atoms with Crippen LogP contribution in [0.15, 0.2) is 35.9 Å². The fourth-order valence-corrected chi connectivity index (χ4v) is 0.974. The molecule has 0 aromatic heterocycles. The first-order valence-electron chi connectivity index (χ1n) is 4.08. The van der Waals surface area contributed by atoms with Gasteiger partial charge in [-0.3, -0.25) is 0 Å². The highest BCUT2D eigenvalue weighted by atomic mass is 19.1. The minimum absolute atomic E-state index is 0.152. The van der Waals surface area contributed by atoms with Crippen LogP contribution in [0.1, 0.15) is 20.3 Å². The summed E-state index contributed by atoms with van der Waals surface area (Å²) < 4.78 is 18.0. The second kappa shape index (κ2) is 4.10. The van der Waals surface area contributed by atoms with Gasteiger partial charge in [-0.1, -0.05) is 6.08 Å². The van der Waals surface area contributed by atoms with Crippen molar-refractivity contribution in [3.63, 3.8) is 0 Å². The molecular formula is C10H13FO.